The van der Waals surface area contributed by atoms with Crippen LogP contribution in [0.5, 0.6) is 0 Å². The molecule has 1 aromatic heterocycles. The molecule has 4 nitrogen and oxygen atoms in total. The van der Waals surface area contributed by atoms with Crippen LogP contribution in [0.4, 0.5) is 5.69 Å². The van der Waals surface area contributed by atoms with Gasteiger partial charge in [0.05, 0.1) is 17.4 Å². The lowest BCUT2D eigenvalue weighted by Crippen LogP contribution is -2.49. The van der Waals surface area contributed by atoms with Gasteiger partial charge in [-0.25, -0.2) is 0 Å². The van der Waals surface area contributed by atoms with Crippen molar-refractivity contribution in [3.63, 3.8) is 0 Å². The van der Waals surface area contributed by atoms with Crippen LogP contribution in [0.1, 0.15) is 48.9 Å². The van der Waals surface area contributed by atoms with Crippen molar-refractivity contribution in [1.82, 2.24) is 9.88 Å². The van der Waals surface area contributed by atoms with E-state index < -0.39 is 0 Å². The zero-order chi connectivity index (χ0) is 13.2. The highest BCUT2D eigenvalue weighted by molar-refractivity contribution is 5.99. The maximum Gasteiger partial charge on any atom is 0.256 e. The molecule has 19 heavy (non-hydrogen) atoms. The van der Waals surface area contributed by atoms with Crippen LogP contribution in [0.3, 0.4) is 0 Å². The summed E-state index contributed by atoms with van der Waals surface area (Å²) in [5.74, 6) is 0.797. The molecule has 2 N–H and O–H groups in total. The molecular weight excluding hydrogens is 238 g/mol. The summed E-state index contributed by atoms with van der Waals surface area (Å²) in [7, 11) is 0. The number of nitrogens with two attached hydrogens (primary N) is 1. The van der Waals surface area contributed by atoms with E-state index in [1.54, 1.807) is 18.5 Å². The SMILES string of the molecule is Nc1cnccc1C(=O)N1CCC[C@H]2CCCC[C@H]21. The second-order valence-corrected chi connectivity index (χ2v) is 5.72. The lowest BCUT2D eigenvalue weighted by Gasteiger charge is -2.44. The van der Waals surface area contributed by atoms with E-state index in [2.05, 4.69) is 9.88 Å². The number of nitrogen functional groups attached to an aromatic ring is 1. The molecule has 1 aromatic rings. The van der Waals surface area contributed by atoms with Gasteiger partial charge in [0.2, 0.25) is 0 Å². The number of carbonyl (C=O) groups excluding carboxylic acids is 1. The van der Waals surface area contributed by atoms with E-state index in [1.807, 2.05) is 0 Å². The summed E-state index contributed by atoms with van der Waals surface area (Å²) < 4.78 is 0. The first-order valence-corrected chi connectivity index (χ1v) is 7.28. The highest BCUT2D eigenvalue weighted by atomic mass is 16.2. The first-order valence-electron chi connectivity index (χ1n) is 7.28. The Kier molecular flexibility index (Phi) is 3.40. The molecule has 2 aliphatic rings. The van der Waals surface area contributed by atoms with E-state index in [9.17, 15) is 4.79 Å². The molecule has 1 saturated heterocycles. The standard InChI is InChI=1S/C15H21N3O/c16-13-10-17-8-7-12(13)15(19)18-9-3-5-11-4-1-2-6-14(11)18/h7-8,10-11,14H,1-6,9,16H2/t11-,14-/m1/s1. The van der Waals surface area contributed by atoms with E-state index >= 15 is 0 Å². The Morgan fingerprint density at radius 1 is 1.26 bits per heavy atom. The smallest absolute Gasteiger partial charge is 0.256 e. The molecule has 0 spiro atoms. The van der Waals surface area contributed by atoms with Gasteiger partial charge in [0.15, 0.2) is 0 Å². The lowest BCUT2D eigenvalue weighted by molar-refractivity contribution is 0.0391. The largest absolute Gasteiger partial charge is 0.397 e. The van der Waals surface area contributed by atoms with Crippen molar-refractivity contribution < 1.29 is 4.79 Å². The van der Waals surface area contributed by atoms with Crippen LogP contribution in [0, 0.1) is 5.92 Å². The number of piperidine rings is 1. The molecule has 1 saturated carbocycles. The van der Waals surface area contributed by atoms with Crippen LogP contribution >= 0.6 is 0 Å². The normalized spacial score (nSPS) is 26.8. The summed E-state index contributed by atoms with van der Waals surface area (Å²) in [4.78, 5) is 18.7. The minimum atomic E-state index is 0.0940. The van der Waals surface area contributed by atoms with Gasteiger partial charge in [0.1, 0.15) is 0 Å². The average molecular weight is 259 g/mol. The van der Waals surface area contributed by atoms with Crippen molar-refractivity contribution in [2.24, 2.45) is 5.92 Å². The Morgan fingerprint density at radius 3 is 2.89 bits per heavy atom. The van der Waals surface area contributed by atoms with Gasteiger partial charge >= 0.3 is 0 Å². The van der Waals surface area contributed by atoms with Crippen molar-refractivity contribution in [2.75, 3.05) is 12.3 Å². The number of likely N-dealkylation sites (tertiary alicyclic amines) is 1. The Balaban J connectivity index is 1.84. The van der Waals surface area contributed by atoms with Gasteiger partial charge in [0.25, 0.3) is 5.91 Å². The van der Waals surface area contributed by atoms with E-state index in [-0.39, 0.29) is 5.91 Å². The zero-order valence-corrected chi connectivity index (χ0v) is 11.2. The maximum atomic E-state index is 12.7. The first-order chi connectivity index (χ1) is 9.27. The first kappa shape index (κ1) is 12.5. The molecule has 4 heteroatoms. The fourth-order valence-corrected chi connectivity index (χ4v) is 3.63. The van der Waals surface area contributed by atoms with Gasteiger partial charge in [-0.2, -0.15) is 0 Å². The number of nitrogens with zero attached hydrogens (tertiary/aromatic N) is 2. The maximum absolute atomic E-state index is 12.7. The Bertz CT molecular complexity index is 472. The zero-order valence-electron chi connectivity index (χ0n) is 11.2. The second kappa shape index (κ2) is 5.19. The third-order valence-corrected chi connectivity index (χ3v) is 4.59. The topological polar surface area (TPSA) is 59.2 Å². The molecule has 0 bridgehead atoms. The molecular formula is C15H21N3O. The van der Waals surface area contributed by atoms with Crippen LogP contribution in [0.25, 0.3) is 0 Å². The second-order valence-electron chi connectivity index (χ2n) is 5.72. The van der Waals surface area contributed by atoms with Crippen molar-refractivity contribution in [3.8, 4) is 0 Å². The summed E-state index contributed by atoms with van der Waals surface area (Å²) in [5.41, 5.74) is 6.99. The van der Waals surface area contributed by atoms with Crippen LogP contribution in [0.15, 0.2) is 18.5 Å². The Morgan fingerprint density at radius 2 is 2.05 bits per heavy atom. The molecule has 2 atom stereocenters. The van der Waals surface area contributed by atoms with Crippen LogP contribution < -0.4 is 5.73 Å². The number of hydrogen-bond donors (Lipinski definition) is 1. The molecule has 1 aliphatic heterocycles. The molecule has 0 aromatic carbocycles. The summed E-state index contributed by atoms with van der Waals surface area (Å²) in [6.45, 7) is 0.877. The molecule has 2 fully saturated rings. The molecule has 0 unspecified atom stereocenters. The van der Waals surface area contributed by atoms with Crippen LogP contribution in [0.2, 0.25) is 0 Å². The third kappa shape index (κ3) is 2.31. The molecule has 0 radical (unpaired) electrons. The number of hydrogen-bond acceptors (Lipinski definition) is 3. The minimum absolute atomic E-state index is 0.0940. The Hall–Kier alpha value is -1.58. The van der Waals surface area contributed by atoms with Crippen molar-refractivity contribution in [1.29, 1.82) is 0 Å². The summed E-state index contributed by atoms with van der Waals surface area (Å²) in [5, 5.41) is 0. The van der Waals surface area contributed by atoms with Gasteiger partial charge in [-0.05, 0) is 37.7 Å². The number of anilines is 1. The predicted molar refractivity (Wildman–Crippen MR) is 74.7 cm³/mol. The van der Waals surface area contributed by atoms with Crippen molar-refractivity contribution in [2.45, 2.75) is 44.6 Å². The van der Waals surface area contributed by atoms with Gasteiger partial charge in [-0.3, -0.25) is 9.78 Å². The highest BCUT2D eigenvalue weighted by Crippen LogP contribution is 2.36. The third-order valence-electron chi connectivity index (χ3n) is 4.59. The number of aromatic nitrogens is 1. The lowest BCUT2D eigenvalue weighted by atomic mass is 9.78. The van der Waals surface area contributed by atoms with E-state index in [0.29, 0.717) is 23.2 Å². The fourth-order valence-electron chi connectivity index (χ4n) is 3.63. The van der Waals surface area contributed by atoms with E-state index in [4.69, 9.17) is 5.73 Å². The molecule has 1 aliphatic carbocycles. The fraction of sp³-hybridized carbons (Fsp3) is 0.600. The predicted octanol–water partition coefficient (Wildman–Crippen LogP) is 2.46. The number of rotatable bonds is 1. The number of amides is 1. The van der Waals surface area contributed by atoms with Crippen molar-refractivity contribution >= 4 is 11.6 Å². The average Bonchev–Trinajstić information content (AvgIpc) is 2.46. The summed E-state index contributed by atoms with van der Waals surface area (Å²) >= 11 is 0. The number of carbonyl (C=O) groups is 1. The molecule has 102 valence electrons. The quantitative estimate of drug-likeness (QED) is 0.842. The van der Waals surface area contributed by atoms with E-state index in [0.717, 1.165) is 19.4 Å². The minimum Gasteiger partial charge on any atom is -0.397 e. The monoisotopic (exact) mass is 259 g/mol. The van der Waals surface area contributed by atoms with Gasteiger partial charge in [-0.1, -0.05) is 12.8 Å². The van der Waals surface area contributed by atoms with Gasteiger partial charge < -0.3 is 10.6 Å². The summed E-state index contributed by atoms with van der Waals surface area (Å²) in [6, 6.07) is 2.17. The summed E-state index contributed by atoms with van der Waals surface area (Å²) in [6.07, 6.45) is 10.6. The molecule has 3 rings (SSSR count). The Labute approximate surface area is 114 Å². The number of pyridine rings is 1. The van der Waals surface area contributed by atoms with Crippen LogP contribution in [-0.4, -0.2) is 28.4 Å². The van der Waals surface area contributed by atoms with Crippen LogP contribution in [-0.2, 0) is 0 Å². The molecule has 1 amide bonds. The van der Waals surface area contributed by atoms with Gasteiger partial charge in [0, 0.05) is 18.8 Å². The van der Waals surface area contributed by atoms with Crippen molar-refractivity contribution in [3.05, 3.63) is 24.0 Å². The molecule has 2 heterocycles. The van der Waals surface area contributed by atoms with Gasteiger partial charge in [-0.15, -0.1) is 0 Å². The number of fused-ring (bicyclic) bond motifs is 1. The highest BCUT2D eigenvalue weighted by Gasteiger charge is 2.36. The van der Waals surface area contributed by atoms with E-state index in [1.165, 1.54) is 25.7 Å².